The predicted octanol–water partition coefficient (Wildman–Crippen LogP) is 4.38. The van der Waals surface area contributed by atoms with Crippen molar-refractivity contribution in [2.24, 2.45) is 4.99 Å². The van der Waals surface area contributed by atoms with Crippen molar-refractivity contribution in [3.8, 4) is 0 Å². The van der Waals surface area contributed by atoms with Crippen molar-refractivity contribution in [2.75, 3.05) is 5.43 Å². The van der Waals surface area contributed by atoms with Crippen molar-refractivity contribution in [2.45, 2.75) is 13.8 Å². The molecule has 0 saturated heterocycles. The molecular formula is C20H18FN3O. The van der Waals surface area contributed by atoms with Crippen molar-refractivity contribution in [1.29, 1.82) is 0 Å². The lowest BCUT2D eigenvalue weighted by molar-refractivity contribution is 0.101. The number of hydrogen-bond donors (Lipinski definition) is 1. The van der Waals surface area contributed by atoms with Crippen LogP contribution in [-0.4, -0.2) is 16.8 Å². The minimum atomic E-state index is -0.324. The van der Waals surface area contributed by atoms with Crippen LogP contribution >= 0.6 is 0 Å². The molecule has 3 aromatic rings. The van der Waals surface area contributed by atoms with Gasteiger partial charge in [0.05, 0.1) is 5.69 Å². The summed E-state index contributed by atoms with van der Waals surface area (Å²) in [7, 11) is 0. The molecule has 1 aromatic heterocycles. The molecular weight excluding hydrogens is 317 g/mol. The number of aryl methyl sites for hydroxylation is 1. The maximum Gasteiger partial charge on any atom is 0.270 e. The van der Waals surface area contributed by atoms with E-state index in [4.69, 9.17) is 0 Å². The van der Waals surface area contributed by atoms with Crippen LogP contribution in [-0.2, 0) is 0 Å². The number of amides is 1. The summed E-state index contributed by atoms with van der Waals surface area (Å²) >= 11 is 0. The average molecular weight is 335 g/mol. The number of carbonyl (C=O) groups excluding carboxylic acids is 1. The van der Waals surface area contributed by atoms with E-state index in [2.05, 4.69) is 10.4 Å². The molecule has 1 amide bonds. The Morgan fingerprint density at radius 2 is 1.84 bits per heavy atom. The molecule has 2 aromatic carbocycles. The van der Waals surface area contributed by atoms with E-state index in [1.165, 1.54) is 12.1 Å². The van der Waals surface area contributed by atoms with Gasteiger partial charge in [-0.05, 0) is 50.2 Å². The second-order valence-electron chi connectivity index (χ2n) is 5.71. The number of halogens is 1. The van der Waals surface area contributed by atoms with Gasteiger partial charge < -0.3 is 0 Å². The van der Waals surface area contributed by atoms with Gasteiger partial charge in [-0.15, -0.1) is 0 Å². The first-order valence-corrected chi connectivity index (χ1v) is 7.89. The van der Waals surface area contributed by atoms with Crippen LogP contribution in [0.15, 0.2) is 65.7 Å². The maximum atomic E-state index is 13.2. The molecule has 0 bridgehead atoms. The van der Waals surface area contributed by atoms with E-state index < -0.39 is 0 Å². The second kappa shape index (κ2) is 7.13. The molecule has 1 N–H and O–H groups in total. The first-order chi connectivity index (χ1) is 12.0. The van der Waals surface area contributed by atoms with E-state index in [1.807, 2.05) is 38.1 Å². The van der Waals surface area contributed by atoms with Crippen molar-refractivity contribution < 1.29 is 9.18 Å². The summed E-state index contributed by atoms with van der Waals surface area (Å²) in [6, 6.07) is 17.0. The van der Waals surface area contributed by atoms with Crippen molar-refractivity contribution in [3.05, 3.63) is 89.0 Å². The summed E-state index contributed by atoms with van der Waals surface area (Å²) in [5.74, 6) is -0.508. The smallest absolute Gasteiger partial charge is 0.267 e. The summed E-state index contributed by atoms with van der Waals surface area (Å²) < 4.78 is 14.9. The first-order valence-electron chi connectivity index (χ1n) is 7.89. The van der Waals surface area contributed by atoms with E-state index >= 15 is 0 Å². The number of rotatable bonds is 4. The van der Waals surface area contributed by atoms with Crippen LogP contribution in [0, 0.1) is 19.7 Å². The normalized spacial score (nSPS) is 11.0. The summed E-state index contributed by atoms with van der Waals surface area (Å²) in [5.41, 5.74) is 6.59. The Morgan fingerprint density at radius 1 is 1.08 bits per heavy atom. The van der Waals surface area contributed by atoms with E-state index in [0.29, 0.717) is 11.3 Å². The molecule has 0 aliphatic carbocycles. The Hall–Kier alpha value is -3.21. The Kier molecular flexibility index (Phi) is 4.75. The van der Waals surface area contributed by atoms with E-state index in [9.17, 15) is 9.18 Å². The lowest BCUT2D eigenvalue weighted by atomic mass is 10.2. The molecule has 0 aliphatic heterocycles. The predicted molar refractivity (Wildman–Crippen MR) is 97.7 cm³/mol. The molecule has 5 heteroatoms. The number of nitrogens with one attached hydrogen (secondary N) is 1. The van der Waals surface area contributed by atoms with Crippen LogP contribution in [0.25, 0.3) is 0 Å². The largest absolute Gasteiger partial charge is 0.270 e. The minimum Gasteiger partial charge on any atom is -0.267 e. The highest BCUT2D eigenvalue weighted by atomic mass is 19.1. The van der Waals surface area contributed by atoms with Gasteiger partial charge in [0.25, 0.3) is 5.91 Å². The van der Waals surface area contributed by atoms with E-state index in [-0.39, 0.29) is 11.7 Å². The second-order valence-corrected chi connectivity index (χ2v) is 5.71. The highest BCUT2D eigenvalue weighted by Gasteiger charge is 2.11. The standard InChI is InChI=1S/C20H18FN3O/c1-14-11-17(13-22-19-10-6-9-18(21)12-19)15(2)24(14)23-20(25)16-7-4-3-5-8-16/h3-13H,1-2H3,(H,23,25). The number of carbonyl (C=O) groups is 1. The van der Waals surface area contributed by atoms with Crippen molar-refractivity contribution >= 4 is 17.8 Å². The zero-order valence-corrected chi connectivity index (χ0v) is 14.0. The number of benzene rings is 2. The maximum absolute atomic E-state index is 13.2. The zero-order valence-electron chi connectivity index (χ0n) is 14.0. The summed E-state index contributed by atoms with van der Waals surface area (Å²) in [6.45, 7) is 3.79. The molecule has 25 heavy (non-hydrogen) atoms. The van der Waals surface area contributed by atoms with Gasteiger partial charge in [-0.1, -0.05) is 24.3 Å². The Bertz CT molecular complexity index is 929. The molecule has 0 saturated carbocycles. The van der Waals surface area contributed by atoms with E-state index in [1.54, 1.807) is 35.2 Å². The van der Waals surface area contributed by atoms with Gasteiger partial charge in [0.2, 0.25) is 0 Å². The molecule has 0 aliphatic rings. The third kappa shape index (κ3) is 3.83. The fourth-order valence-electron chi connectivity index (χ4n) is 2.55. The van der Waals surface area contributed by atoms with Gasteiger partial charge in [-0.25, -0.2) is 4.39 Å². The molecule has 0 radical (unpaired) electrons. The lowest BCUT2D eigenvalue weighted by Crippen LogP contribution is -2.24. The van der Waals surface area contributed by atoms with E-state index in [0.717, 1.165) is 17.0 Å². The fraction of sp³-hybridized carbons (Fsp3) is 0.100. The molecule has 3 rings (SSSR count). The molecule has 1 heterocycles. The van der Waals surface area contributed by atoms with Gasteiger partial charge in [0, 0.05) is 28.7 Å². The quantitative estimate of drug-likeness (QED) is 0.707. The average Bonchev–Trinajstić information content (AvgIpc) is 2.88. The molecule has 0 atom stereocenters. The molecule has 4 nitrogen and oxygen atoms in total. The van der Waals surface area contributed by atoms with Crippen LogP contribution in [0.1, 0.15) is 27.3 Å². The number of aliphatic imine (C=N–C) groups is 1. The number of nitrogens with zero attached hydrogens (tertiary/aromatic N) is 2. The minimum absolute atomic E-state index is 0.184. The monoisotopic (exact) mass is 335 g/mol. The number of aromatic nitrogens is 1. The van der Waals surface area contributed by atoms with Crippen molar-refractivity contribution in [1.82, 2.24) is 4.68 Å². The van der Waals surface area contributed by atoms with Gasteiger partial charge in [-0.2, -0.15) is 0 Å². The van der Waals surface area contributed by atoms with Crippen LogP contribution < -0.4 is 5.43 Å². The summed E-state index contributed by atoms with van der Waals surface area (Å²) in [6.07, 6.45) is 1.67. The Morgan fingerprint density at radius 3 is 2.56 bits per heavy atom. The van der Waals surface area contributed by atoms with Crippen LogP contribution in [0.2, 0.25) is 0 Å². The number of hydrogen-bond acceptors (Lipinski definition) is 2. The summed E-state index contributed by atoms with van der Waals surface area (Å²) in [5, 5.41) is 0. The third-order valence-corrected chi connectivity index (χ3v) is 3.88. The lowest BCUT2D eigenvalue weighted by Gasteiger charge is -2.11. The Labute approximate surface area is 145 Å². The van der Waals surface area contributed by atoms with Gasteiger partial charge in [-0.3, -0.25) is 19.9 Å². The topological polar surface area (TPSA) is 46.4 Å². The highest BCUT2D eigenvalue weighted by Crippen LogP contribution is 2.16. The third-order valence-electron chi connectivity index (χ3n) is 3.88. The van der Waals surface area contributed by atoms with Crippen LogP contribution in [0.5, 0.6) is 0 Å². The summed E-state index contributed by atoms with van der Waals surface area (Å²) in [4.78, 5) is 16.6. The SMILES string of the molecule is Cc1cc(C=Nc2cccc(F)c2)c(C)n1NC(=O)c1ccccc1. The van der Waals surface area contributed by atoms with Crippen LogP contribution in [0.3, 0.4) is 0 Å². The van der Waals surface area contributed by atoms with Gasteiger partial charge >= 0.3 is 0 Å². The first kappa shape index (κ1) is 16.6. The van der Waals surface area contributed by atoms with Gasteiger partial charge in [0.1, 0.15) is 5.82 Å². The molecule has 0 spiro atoms. The molecule has 126 valence electrons. The van der Waals surface area contributed by atoms with Crippen LogP contribution in [0.4, 0.5) is 10.1 Å². The van der Waals surface area contributed by atoms with Crippen molar-refractivity contribution in [3.63, 3.8) is 0 Å². The fourth-order valence-corrected chi connectivity index (χ4v) is 2.55. The zero-order chi connectivity index (χ0) is 17.8. The Balaban J connectivity index is 1.82. The molecule has 0 fully saturated rings. The molecule has 0 unspecified atom stereocenters. The highest BCUT2D eigenvalue weighted by molar-refractivity contribution is 6.00. The van der Waals surface area contributed by atoms with Gasteiger partial charge in [0.15, 0.2) is 0 Å².